The number of ketones is 1. The quantitative estimate of drug-likeness (QED) is 0.696. The number of carbonyl (C=O) groups is 2. The molecule has 0 aromatic heterocycles. The summed E-state index contributed by atoms with van der Waals surface area (Å²) >= 11 is 0. The van der Waals surface area contributed by atoms with Gasteiger partial charge in [0.15, 0.2) is 5.78 Å². The Bertz CT molecular complexity index is 962. The second-order valence-electron chi connectivity index (χ2n) is 7.45. The van der Waals surface area contributed by atoms with E-state index < -0.39 is 5.97 Å². The fourth-order valence-electron chi connectivity index (χ4n) is 4.07. The molecule has 6 nitrogen and oxygen atoms in total. The average Bonchev–Trinajstić information content (AvgIpc) is 2.79. The molecule has 0 N–H and O–H groups in total. The van der Waals surface area contributed by atoms with Gasteiger partial charge in [-0.1, -0.05) is 24.3 Å². The fourth-order valence-corrected chi connectivity index (χ4v) is 4.07. The third-order valence-electron chi connectivity index (χ3n) is 5.71. The molecule has 2 aromatic rings. The summed E-state index contributed by atoms with van der Waals surface area (Å²) in [4.78, 5) is 25.6. The van der Waals surface area contributed by atoms with E-state index in [1.165, 1.54) is 13.4 Å². The molecule has 1 aliphatic heterocycles. The summed E-state index contributed by atoms with van der Waals surface area (Å²) in [6.07, 6.45) is 2.67. The Hall–Kier alpha value is -3.28. The van der Waals surface area contributed by atoms with Crippen molar-refractivity contribution in [3.8, 4) is 11.5 Å². The summed E-state index contributed by atoms with van der Waals surface area (Å²) in [5.74, 6) is 0.637. The standard InChI is InChI=1S/C24H24O6/c1-27-16-9-7-15(8-10-16)20-14-29-22-13-17(11-12-18(22)23(20)25)30-24(26)19-5-3-4-6-21(19)28-2/h3-10,14,17-18,22H,11-13H2,1-2H3. The highest BCUT2D eigenvalue weighted by atomic mass is 16.5. The molecular formula is C24H24O6. The number of rotatable bonds is 5. The molecule has 1 aliphatic carbocycles. The maximum absolute atomic E-state index is 13.0. The lowest BCUT2D eigenvalue weighted by Crippen LogP contribution is -2.42. The molecule has 1 saturated carbocycles. The number of hydrogen-bond donors (Lipinski definition) is 0. The van der Waals surface area contributed by atoms with Crippen LogP contribution < -0.4 is 9.47 Å². The number of allylic oxidation sites excluding steroid dienone is 1. The number of benzene rings is 2. The largest absolute Gasteiger partial charge is 0.497 e. The van der Waals surface area contributed by atoms with Crippen LogP contribution in [-0.4, -0.2) is 38.2 Å². The maximum Gasteiger partial charge on any atom is 0.342 e. The molecular weight excluding hydrogens is 384 g/mol. The van der Waals surface area contributed by atoms with Gasteiger partial charge in [0.2, 0.25) is 0 Å². The molecule has 1 heterocycles. The van der Waals surface area contributed by atoms with Crippen molar-refractivity contribution in [3.63, 3.8) is 0 Å². The number of carbonyl (C=O) groups excluding carboxylic acids is 2. The molecule has 2 aromatic carbocycles. The van der Waals surface area contributed by atoms with Crippen molar-refractivity contribution >= 4 is 17.3 Å². The molecule has 156 valence electrons. The minimum absolute atomic E-state index is 0.0749. The predicted octanol–water partition coefficient (Wildman–Crippen LogP) is 4.04. The average molecular weight is 408 g/mol. The molecule has 1 fully saturated rings. The zero-order valence-corrected chi connectivity index (χ0v) is 17.0. The van der Waals surface area contributed by atoms with Crippen LogP contribution in [0.5, 0.6) is 11.5 Å². The topological polar surface area (TPSA) is 71.1 Å². The van der Waals surface area contributed by atoms with Crippen molar-refractivity contribution in [1.82, 2.24) is 0 Å². The van der Waals surface area contributed by atoms with Crippen molar-refractivity contribution in [3.05, 3.63) is 65.9 Å². The summed E-state index contributed by atoms with van der Waals surface area (Å²) in [7, 11) is 3.12. The first-order valence-corrected chi connectivity index (χ1v) is 9.99. The maximum atomic E-state index is 13.0. The minimum Gasteiger partial charge on any atom is -0.497 e. The summed E-state index contributed by atoms with van der Waals surface area (Å²) in [5.41, 5.74) is 1.77. The van der Waals surface area contributed by atoms with Gasteiger partial charge in [0.1, 0.15) is 29.3 Å². The van der Waals surface area contributed by atoms with Crippen LogP contribution >= 0.6 is 0 Å². The summed E-state index contributed by atoms with van der Waals surface area (Å²) in [6, 6.07) is 14.3. The van der Waals surface area contributed by atoms with Gasteiger partial charge < -0.3 is 18.9 Å². The van der Waals surface area contributed by atoms with Gasteiger partial charge >= 0.3 is 5.97 Å². The van der Waals surface area contributed by atoms with Crippen molar-refractivity contribution < 1.29 is 28.5 Å². The van der Waals surface area contributed by atoms with Gasteiger partial charge in [0.25, 0.3) is 0 Å². The Kier molecular flexibility index (Phi) is 5.74. The van der Waals surface area contributed by atoms with E-state index in [0.717, 1.165) is 11.3 Å². The van der Waals surface area contributed by atoms with E-state index in [1.807, 2.05) is 24.3 Å². The normalized spacial score (nSPS) is 22.9. The zero-order valence-electron chi connectivity index (χ0n) is 17.0. The molecule has 4 rings (SSSR count). The van der Waals surface area contributed by atoms with E-state index in [1.54, 1.807) is 31.4 Å². The Morgan fingerprint density at radius 2 is 1.77 bits per heavy atom. The molecule has 0 saturated heterocycles. The fraction of sp³-hybridized carbons (Fsp3) is 0.333. The predicted molar refractivity (Wildman–Crippen MR) is 110 cm³/mol. The number of methoxy groups -OCH3 is 2. The van der Waals surface area contributed by atoms with Gasteiger partial charge in [-0.3, -0.25) is 4.79 Å². The van der Waals surface area contributed by atoms with Crippen LogP contribution in [0.1, 0.15) is 35.2 Å². The summed E-state index contributed by atoms with van der Waals surface area (Å²) < 4.78 is 22.0. The number of esters is 1. The van der Waals surface area contributed by atoms with Crippen LogP contribution in [0.25, 0.3) is 5.57 Å². The number of hydrogen-bond acceptors (Lipinski definition) is 6. The van der Waals surface area contributed by atoms with Gasteiger partial charge in [0.05, 0.1) is 32.0 Å². The molecule has 0 amide bonds. The smallest absolute Gasteiger partial charge is 0.342 e. The molecule has 0 spiro atoms. The Morgan fingerprint density at radius 3 is 2.50 bits per heavy atom. The molecule has 3 unspecified atom stereocenters. The lowest BCUT2D eigenvalue weighted by atomic mass is 9.78. The number of fused-ring (bicyclic) bond motifs is 1. The first-order chi connectivity index (χ1) is 14.6. The van der Waals surface area contributed by atoms with Crippen molar-refractivity contribution in [2.45, 2.75) is 31.5 Å². The minimum atomic E-state index is -0.424. The number of ether oxygens (including phenoxy) is 4. The van der Waals surface area contributed by atoms with Gasteiger partial charge in [-0.25, -0.2) is 4.79 Å². The van der Waals surface area contributed by atoms with E-state index in [0.29, 0.717) is 36.1 Å². The van der Waals surface area contributed by atoms with Crippen LogP contribution in [-0.2, 0) is 14.3 Å². The van der Waals surface area contributed by atoms with E-state index in [4.69, 9.17) is 18.9 Å². The molecule has 30 heavy (non-hydrogen) atoms. The van der Waals surface area contributed by atoms with Crippen molar-refractivity contribution in [1.29, 1.82) is 0 Å². The Morgan fingerprint density at radius 1 is 1.00 bits per heavy atom. The SMILES string of the molecule is COc1ccc(C2=COC3CC(OC(=O)c4ccccc4OC)CCC3C2=O)cc1. The number of para-hydroxylation sites is 1. The van der Waals surface area contributed by atoms with Gasteiger partial charge in [-0.05, 0) is 42.7 Å². The van der Waals surface area contributed by atoms with Crippen molar-refractivity contribution in [2.24, 2.45) is 5.92 Å². The molecule has 6 heteroatoms. The van der Waals surface area contributed by atoms with Crippen LogP contribution in [0.15, 0.2) is 54.8 Å². The Balaban J connectivity index is 1.43. The third kappa shape index (κ3) is 3.90. The van der Waals surface area contributed by atoms with E-state index in [-0.39, 0.29) is 23.9 Å². The highest BCUT2D eigenvalue weighted by Crippen LogP contribution is 2.37. The van der Waals surface area contributed by atoms with Crippen LogP contribution in [0.4, 0.5) is 0 Å². The summed E-state index contributed by atoms with van der Waals surface area (Å²) in [6.45, 7) is 0. The Labute approximate surface area is 175 Å². The van der Waals surface area contributed by atoms with Crippen LogP contribution in [0.3, 0.4) is 0 Å². The second kappa shape index (κ2) is 8.61. The van der Waals surface area contributed by atoms with Crippen LogP contribution in [0, 0.1) is 5.92 Å². The molecule has 3 atom stereocenters. The lowest BCUT2D eigenvalue weighted by molar-refractivity contribution is -0.126. The van der Waals surface area contributed by atoms with E-state index in [9.17, 15) is 9.59 Å². The monoisotopic (exact) mass is 408 g/mol. The zero-order chi connectivity index (χ0) is 21.1. The first-order valence-electron chi connectivity index (χ1n) is 9.99. The van der Waals surface area contributed by atoms with Gasteiger partial charge in [0, 0.05) is 6.42 Å². The van der Waals surface area contributed by atoms with E-state index >= 15 is 0 Å². The third-order valence-corrected chi connectivity index (χ3v) is 5.71. The van der Waals surface area contributed by atoms with Gasteiger partial charge in [-0.15, -0.1) is 0 Å². The highest BCUT2D eigenvalue weighted by Gasteiger charge is 2.41. The summed E-state index contributed by atoms with van der Waals surface area (Å²) in [5, 5.41) is 0. The lowest BCUT2D eigenvalue weighted by Gasteiger charge is -2.37. The highest BCUT2D eigenvalue weighted by molar-refractivity contribution is 6.22. The van der Waals surface area contributed by atoms with Crippen molar-refractivity contribution in [2.75, 3.05) is 14.2 Å². The molecule has 2 aliphatic rings. The first kappa shape index (κ1) is 20.0. The molecule has 0 bridgehead atoms. The molecule has 0 radical (unpaired) electrons. The van der Waals surface area contributed by atoms with Crippen LogP contribution in [0.2, 0.25) is 0 Å². The van der Waals surface area contributed by atoms with Gasteiger partial charge in [-0.2, -0.15) is 0 Å². The second-order valence-corrected chi connectivity index (χ2v) is 7.45. The number of Topliss-reactive ketones (excluding diaryl/α,β-unsaturated/α-hetero) is 1. The van der Waals surface area contributed by atoms with E-state index in [2.05, 4.69) is 0 Å².